The second-order valence-corrected chi connectivity index (χ2v) is 8.00. The first-order chi connectivity index (χ1) is 14.2. The molecule has 30 heavy (non-hydrogen) atoms. The third-order valence-corrected chi connectivity index (χ3v) is 6.07. The summed E-state index contributed by atoms with van der Waals surface area (Å²) in [6.45, 7) is 1.90. The number of ketones is 3. The number of Topliss-reactive ketones (excluding diaryl/α,β-unsaturated/α-hetero) is 1. The summed E-state index contributed by atoms with van der Waals surface area (Å²) in [6.07, 6.45) is -0.797. The van der Waals surface area contributed by atoms with Crippen LogP contribution in [0.1, 0.15) is 81.7 Å². The van der Waals surface area contributed by atoms with E-state index in [0.29, 0.717) is 6.42 Å². The minimum atomic E-state index is -1.93. The monoisotopic (exact) mass is 410 g/mol. The first kappa shape index (κ1) is 20.3. The Morgan fingerprint density at radius 1 is 1.07 bits per heavy atom. The standard InChI is InChI=1S/C23H22O7/c1-2-3-8-15(25)23(30)9-13-16(14(24)10-23)22(29)18-17(21(13)28)19(26)11-6-4-5-7-12(11)20(18)27/h4-7,14,24,28-30H,2-3,8-10H2,1H3/t14-,23-/m0/s1. The van der Waals surface area contributed by atoms with Crippen molar-refractivity contribution < 1.29 is 34.8 Å². The molecular weight excluding hydrogens is 388 g/mol. The number of carbonyl (C=O) groups is 3. The molecule has 4 N–H and O–H groups in total. The first-order valence-corrected chi connectivity index (χ1v) is 9.94. The van der Waals surface area contributed by atoms with Gasteiger partial charge >= 0.3 is 0 Å². The maximum Gasteiger partial charge on any atom is 0.198 e. The fraction of sp³-hybridized carbons (Fsp3) is 0.348. The van der Waals surface area contributed by atoms with Crippen LogP contribution in [-0.2, 0) is 11.2 Å². The van der Waals surface area contributed by atoms with Gasteiger partial charge in [-0.25, -0.2) is 0 Å². The Labute approximate surface area is 172 Å². The van der Waals surface area contributed by atoms with Crippen LogP contribution < -0.4 is 0 Å². The summed E-state index contributed by atoms with van der Waals surface area (Å²) in [5.74, 6) is -2.94. The van der Waals surface area contributed by atoms with Crippen LogP contribution in [0.25, 0.3) is 0 Å². The normalized spacial score (nSPS) is 22.3. The Kier molecular flexibility index (Phi) is 4.75. The van der Waals surface area contributed by atoms with Gasteiger partial charge in [-0.05, 0) is 6.42 Å². The predicted molar refractivity (Wildman–Crippen MR) is 106 cm³/mol. The number of unbranched alkanes of at least 4 members (excludes halogenated alkanes) is 1. The lowest BCUT2D eigenvalue weighted by atomic mass is 9.71. The average molecular weight is 410 g/mol. The van der Waals surface area contributed by atoms with Gasteiger partial charge in [-0.2, -0.15) is 0 Å². The molecule has 156 valence electrons. The number of aromatic hydroxyl groups is 2. The van der Waals surface area contributed by atoms with Gasteiger partial charge in [0.1, 0.15) is 17.1 Å². The summed E-state index contributed by atoms with van der Waals surface area (Å²) >= 11 is 0. The van der Waals surface area contributed by atoms with Crippen molar-refractivity contribution in [3.8, 4) is 11.5 Å². The summed E-state index contributed by atoms with van der Waals surface area (Å²) in [4.78, 5) is 38.6. The summed E-state index contributed by atoms with van der Waals surface area (Å²) in [5.41, 5.74) is -2.68. The lowest BCUT2D eigenvalue weighted by molar-refractivity contribution is -0.142. The molecule has 2 aliphatic rings. The Morgan fingerprint density at radius 2 is 1.63 bits per heavy atom. The molecule has 0 fully saturated rings. The first-order valence-electron chi connectivity index (χ1n) is 9.94. The van der Waals surface area contributed by atoms with E-state index >= 15 is 0 Å². The van der Waals surface area contributed by atoms with Crippen molar-refractivity contribution >= 4 is 17.3 Å². The van der Waals surface area contributed by atoms with Gasteiger partial charge in [0, 0.05) is 41.5 Å². The number of benzene rings is 2. The number of phenolic OH excluding ortho intramolecular Hbond substituents is 2. The van der Waals surface area contributed by atoms with E-state index in [4.69, 9.17) is 0 Å². The quantitative estimate of drug-likeness (QED) is 0.485. The minimum absolute atomic E-state index is 0.0853. The Bertz CT molecular complexity index is 1100. The Balaban J connectivity index is 1.90. The number of carbonyl (C=O) groups excluding carboxylic acids is 3. The Morgan fingerprint density at radius 3 is 2.20 bits per heavy atom. The van der Waals surface area contributed by atoms with E-state index in [9.17, 15) is 34.8 Å². The fourth-order valence-electron chi connectivity index (χ4n) is 4.49. The van der Waals surface area contributed by atoms with Gasteiger partial charge in [0.05, 0.1) is 17.2 Å². The van der Waals surface area contributed by atoms with Crippen molar-refractivity contribution in [2.45, 2.75) is 50.7 Å². The third-order valence-electron chi connectivity index (χ3n) is 6.07. The molecular formula is C23H22O7. The van der Waals surface area contributed by atoms with Crippen LogP contribution >= 0.6 is 0 Å². The summed E-state index contributed by atoms with van der Waals surface area (Å²) in [5, 5.41) is 43.3. The summed E-state index contributed by atoms with van der Waals surface area (Å²) in [7, 11) is 0. The van der Waals surface area contributed by atoms with E-state index in [1.54, 1.807) is 12.1 Å². The van der Waals surface area contributed by atoms with Crippen molar-refractivity contribution in [1.82, 2.24) is 0 Å². The molecule has 2 aromatic rings. The maximum atomic E-state index is 13.0. The molecule has 4 rings (SSSR count). The maximum absolute atomic E-state index is 13.0. The number of hydrogen-bond donors (Lipinski definition) is 4. The molecule has 0 spiro atoms. The van der Waals surface area contributed by atoms with Gasteiger partial charge in [0.15, 0.2) is 17.3 Å². The number of aliphatic hydroxyl groups excluding tert-OH is 1. The van der Waals surface area contributed by atoms with Gasteiger partial charge in [0.2, 0.25) is 0 Å². The van der Waals surface area contributed by atoms with Crippen LogP contribution in [0, 0.1) is 0 Å². The van der Waals surface area contributed by atoms with Gasteiger partial charge < -0.3 is 20.4 Å². The van der Waals surface area contributed by atoms with E-state index in [1.807, 2.05) is 6.92 Å². The molecule has 0 unspecified atom stereocenters. The third kappa shape index (κ3) is 2.77. The van der Waals surface area contributed by atoms with Crippen molar-refractivity contribution in [3.05, 3.63) is 57.6 Å². The topological polar surface area (TPSA) is 132 Å². The van der Waals surface area contributed by atoms with E-state index < -0.39 is 40.6 Å². The molecule has 2 aromatic carbocycles. The van der Waals surface area contributed by atoms with Gasteiger partial charge in [-0.1, -0.05) is 37.6 Å². The zero-order valence-electron chi connectivity index (χ0n) is 16.4. The molecule has 7 nitrogen and oxygen atoms in total. The molecule has 2 atom stereocenters. The van der Waals surface area contributed by atoms with Gasteiger partial charge in [0.25, 0.3) is 0 Å². The molecule has 0 radical (unpaired) electrons. The number of aliphatic hydroxyl groups is 2. The average Bonchev–Trinajstić information content (AvgIpc) is 2.72. The Hall–Kier alpha value is -3.03. The van der Waals surface area contributed by atoms with Crippen LogP contribution in [0.3, 0.4) is 0 Å². The highest BCUT2D eigenvalue weighted by atomic mass is 16.3. The van der Waals surface area contributed by atoms with Crippen molar-refractivity contribution in [3.63, 3.8) is 0 Å². The highest BCUT2D eigenvalue weighted by Crippen LogP contribution is 2.50. The van der Waals surface area contributed by atoms with E-state index in [2.05, 4.69) is 0 Å². The SMILES string of the molecule is CCCCC(=O)[C@]1(O)Cc2c(O)c3c(c(O)c2[C@@H](O)C1)C(=O)c1ccccc1C3=O. The van der Waals surface area contributed by atoms with Crippen LogP contribution in [0.15, 0.2) is 24.3 Å². The van der Waals surface area contributed by atoms with Crippen LogP contribution in [0.4, 0.5) is 0 Å². The van der Waals surface area contributed by atoms with Crippen molar-refractivity contribution in [1.29, 1.82) is 0 Å². The molecule has 0 aliphatic heterocycles. The molecule has 0 saturated carbocycles. The van der Waals surface area contributed by atoms with Crippen LogP contribution in [-0.4, -0.2) is 43.4 Å². The largest absolute Gasteiger partial charge is 0.507 e. The molecule has 2 aliphatic carbocycles. The highest BCUT2D eigenvalue weighted by molar-refractivity contribution is 6.30. The molecule has 0 heterocycles. The number of hydrogen-bond acceptors (Lipinski definition) is 7. The molecule has 7 heteroatoms. The summed E-state index contributed by atoms with van der Waals surface area (Å²) in [6, 6.07) is 6.07. The molecule has 0 bridgehead atoms. The number of phenols is 2. The molecule has 0 saturated heterocycles. The van der Waals surface area contributed by atoms with E-state index in [1.165, 1.54) is 12.1 Å². The number of fused-ring (bicyclic) bond motifs is 3. The van der Waals surface area contributed by atoms with Crippen molar-refractivity contribution in [2.24, 2.45) is 0 Å². The minimum Gasteiger partial charge on any atom is -0.507 e. The fourth-order valence-corrected chi connectivity index (χ4v) is 4.49. The van der Waals surface area contributed by atoms with Crippen molar-refractivity contribution in [2.75, 3.05) is 0 Å². The number of rotatable bonds is 4. The zero-order valence-corrected chi connectivity index (χ0v) is 16.4. The van der Waals surface area contributed by atoms with Crippen LogP contribution in [0.5, 0.6) is 11.5 Å². The lowest BCUT2D eigenvalue weighted by Gasteiger charge is -2.37. The smallest absolute Gasteiger partial charge is 0.198 e. The van der Waals surface area contributed by atoms with Crippen LogP contribution in [0.2, 0.25) is 0 Å². The predicted octanol–water partition coefficient (Wildman–Crippen LogP) is 2.34. The second kappa shape index (κ2) is 7.04. The van der Waals surface area contributed by atoms with Gasteiger partial charge in [-0.3, -0.25) is 14.4 Å². The second-order valence-electron chi connectivity index (χ2n) is 8.00. The highest BCUT2D eigenvalue weighted by Gasteiger charge is 2.47. The zero-order chi connectivity index (χ0) is 21.8. The molecule has 0 aromatic heterocycles. The van der Waals surface area contributed by atoms with Gasteiger partial charge in [-0.15, -0.1) is 0 Å². The van der Waals surface area contributed by atoms with E-state index in [0.717, 1.165) is 6.42 Å². The molecule has 0 amide bonds. The van der Waals surface area contributed by atoms with E-state index in [-0.39, 0.29) is 52.6 Å². The summed E-state index contributed by atoms with van der Waals surface area (Å²) < 4.78 is 0. The lowest BCUT2D eigenvalue weighted by Crippen LogP contribution is -2.45.